The zero-order valence-electron chi connectivity index (χ0n) is 20.6. The second-order valence-electron chi connectivity index (χ2n) is 10.7. The molecule has 2 atom stereocenters. The molecule has 9 nitrogen and oxygen atoms in total. The summed E-state index contributed by atoms with van der Waals surface area (Å²) in [6, 6.07) is 10.8. The summed E-state index contributed by atoms with van der Waals surface area (Å²) in [5, 5.41) is 3.27. The normalized spacial score (nSPS) is 24.7. The second kappa shape index (κ2) is 9.05. The van der Waals surface area contributed by atoms with Crippen molar-refractivity contribution in [2.75, 3.05) is 37.3 Å². The minimum atomic E-state index is -3.33. The van der Waals surface area contributed by atoms with Gasteiger partial charge in [-0.2, -0.15) is 0 Å². The maximum absolute atomic E-state index is 13.1. The molecule has 5 rings (SSSR count). The number of carbonyl (C=O) groups is 1. The summed E-state index contributed by atoms with van der Waals surface area (Å²) in [7, 11) is -3.33. The van der Waals surface area contributed by atoms with Gasteiger partial charge in [0.05, 0.1) is 12.4 Å². The summed E-state index contributed by atoms with van der Waals surface area (Å²) in [5.41, 5.74) is 1.73. The van der Waals surface area contributed by atoms with Crippen molar-refractivity contribution in [1.82, 2.24) is 25.1 Å². The predicted molar refractivity (Wildman–Crippen MR) is 134 cm³/mol. The molecule has 2 aromatic rings. The van der Waals surface area contributed by atoms with Crippen LogP contribution in [0.1, 0.15) is 32.3 Å². The summed E-state index contributed by atoms with van der Waals surface area (Å²) in [6.07, 6.45) is 5.93. The molecule has 2 amide bonds. The van der Waals surface area contributed by atoms with Crippen LogP contribution in [0.3, 0.4) is 0 Å². The third kappa shape index (κ3) is 4.99. The molecule has 2 unspecified atom stereocenters. The molecule has 3 fully saturated rings. The van der Waals surface area contributed by atoms with Crippen LogP contribution in [0.25, 0.3) is 0 Å². The Hall–Kier alpha value is -2.72. The van der Waals surface area contributed by atoms with Crippen LogP contribution in [0.4, 0.5) is 10.7 Å². The Kier molecular flexibility index (Phi) is 6.21. The number of aromatic nitrogens is 2. The highest BCUT2D eigenvalue weighted by atomic mass is 32.2. The van der Waals surface area contributed by atoms with Crippen LogP contribution < -0.4 is 10.2 Å². The summed E-state index contributed by atoms with van der Waals surface area (Å²) in [5.74, 6) is 0.488. The Labute approximate surface area is 207 Å². The van der Waals surface area contributed by atoms with E-state index in [0.717, 1.165) is 38.7 Å². The fraction of sp³-hybridized carbons (Fsp3) is 0.560. The van der Waals surface area contributed by atoms with Crippen molar-refractivity contribution in [1.29, 1.82) is 0 Å². The van der Waals surface area contributed by atoms with Gasteiger partial charge in [0, 0.05) is 57.1 Å². The Morgan fingerprint density at radius 1 is 1.06 bits per heavy atom. The molecule has 35 heavy (non-hydrogen) atoms. The smallest absolute Gasteiger partial charge is 0.318 e. The molecule has 3 aliphatic rings. The molecule has 1 aliphatic carbocycles. The molecule has 1 aromatic heterocycles. The first-order valence-corrected chi connectivity index (χ1v) is 14.1. The van der Waals surface area contributed by atoms with Gasteiger partial charge >= 0.3 is 6.03 Å². The van der Waals surface area contributed by atoms with Crippen molar-refractivity contribution < 1.29 is 13.2 Å². The molecule has 2 aliphatic heterocycles. The number of carbonyl (C=O) groups excluding carboxylic acids is 1. The van der Waals surface area contributed by atoms with E-state index in [2.05, 4.69) is 44.5 Å². The highest BCUT2D eigenvalue weighted by molar-refractivity contribution is 7.90. The number of hydrogen-bond donors (Lipinski definition) is 1. The van der Waals surface area contributed by atoms with Gasteiger partial charge in [-0.3, -0.25) is 4.90 Å². The van der Waals surface area contributed by atoms with Gasteiger partial charge in [0.1, 0.15) is 4.90 Å². The van der Waals surface area contributed by atoms with Crippen LogP contribution >= 0.6 is 0 Å². The lowest BCUT2D eigenvalue weighted by Crippen LogP contribution is -2.68. The standard InChI is InChI=1S/C25H34N6O3S/c1-18-13-30(23-26-11-22(12-27-23)35(3,33)34)14-19(2)31(18)24(32)28-21-9-25(10-21)16-29(17-25)15-20-7-5-4-6-8-20/h4-8,11-12,18-19,21H,9-10,13-17H2,1-3H3,(H,28,32). The number of rotatable bonds is 5. The van der Waals surface area contributed by atoms with Crippen molar-refractivity contribution >= 4 is 21.8 Å². The van der Waals surface area contributed by atoms with Gasteiger partial charge in [-0.1, -0.05) is 30.3 Å². The SMILES string of the molecule is CC1CN(c2ncc(S(C)(=O)=O)cn2)CC(C)N1C(=O)NC1CC2(C1)CN(Cc1ccccc1)C2. The summed E-state index contributed by atoms with van der Waals surface area (Å²) < 4.78 is 23.3. The van der Waals surface area contributed by atoms with E-state index in [9.17, 15) is 13.2 Å². The molecule has 1 aromatic carbocycles. The highest BCUT2D eigenvalue weighted by Gasteiger charge is 2.52. The number of hydrogen-bond acceptors (Lipinski definition) is 7. The van der Waals surface area contributed by atoms with E-state index in [-0.39, 0.29) is 29.1 Å². The van der Waals surface area contributed by atoms with E-state index in [0.29, 0.717) is 24.5 Å². The first kappa shape index (κ1) is 24.0. The zero-order chi connectivity index (χ0) is 24.8. The van der Waals surface area contributed by atoms with Gasteiger partial charge in [-0.15, -0.1) is 0 Å². The number of nitrogens with one attached hydrogen (secondary N) is 1. The minimum absolute atomic E-state index is 0.00157. The number of piperazine rings is 1. The van der Waals surface area contributed by atoms with Crippen LogP contribution in [-0.4, -0.2) is 84.8 Å². The van der Waals surface area contributed by atoms with E-state index >= 15 is 0 Å². The molecular weight excluding hydrogens is 464 g/mol. The van der Waals surface area contributed by atoms with Crippen LogP contribution in [0.5, 0.6) is 0 Å². The summed E-state index contributed by atoms with van der Waals surface area (Å²) in [6.45, 7) is 8.47. The lowest BCUT2D eigenvalue weighted by atomic mass is 9.60. The van der Waals surface area contributed by atoms with E-state index < -0.39 is 9.84 Å². The lowest BCUT2D eigenvalue weighted by molar-refractivity contribution is -0.0812. The van der Waals surface area contributed by atoms with E-state index in [1.54, 1.807) is 0 Å². The summed E-state index contributed by atoms with van der Waals surface area (Å²) >= 11 is 0. The zero-order valence-corrected chi connectivity index (χ0v) is 21.4. The van der Waals surface area contributed by atoms with Gasteiger partial charge in [0.2, 0.25) is 5.95 Å². The van der Waals surface area contributed by atoms with Crippen molar-refractivity contribution in [2.45, 2.75) is 56.3 Å². The quantitative estimate of drug-likeness (QED) is 0.674. The number of likely N-dealkylation sites (tertiary alicyclic amines) is 1. The largest absolute Gasteiger partial charge is 0.337 e. The van der Waals surface area contributed by atoms with Crippen molar-refractivity contribution in [2.24, 2.45) is 5.41 Å². The molecule has 1 saturated carbocycles. The monoisotopic (exact) mass is 498 g/mol. The number of amides is 2. The molecule has 3 heterocycles. The van der Waals surface area contributed by atoms with E-state index in [1.165, 1.54) is 18.0 Å². The third-order valence-corrected chi connectivity index (χ3v) is 8.60. The third-order valence-electron chi connectivity index (χ3n) is 7.53. The van der Waals surface area contributed by atoms with Crippen LogP contribution in [-0.2, 0) is 16.4 Å². The predicted octanol–water partition coefficient (Wildman–Crippen LogP) is 2.15. The molecule has 1 N–H and O–H groups in total. The van der Waals surface area contributed by atoms with Gasteiger partial charge in [-0.05, 0) is 37.7 Å². The molecule has 0 radical (unpaired) electrons. The van der Waals surface area contributed by atoms with E-state index in [1.807, 2.05) is 29.7 Å². The number of urea groups is 1. The van der Waals surface area contributed by atoms with Gasteiger partial charge in [0.25, 0.3) is 0 Å². The van der Waals surface area contributed by atoms with E-state index in [4.69, 9.17) is 0 Å². The Balaban J connectivity index is 1.10. The first-order chi connectivity index (χ1) is 16.6. The number of nitrogens with zero attached hydrogens (tertiary/aromatic N) is 5. The van der Waals surface area contributed by atoms with Crippen LogP contribution in [0.15, 0.2) is 47.6 Å². The Bertz CT molecular complexity index is 1150. The van der Waals surface area contributed by atoms with Crippen molar-refractivity contribution in [3.05, 3.63) is 48.3 Å². The number of sulfone groups is 1. The molecule has 1 spiro atoms. The maximum Gasteiger partial charge on any atom is 0.318 e. The number of benzene rings is 1. The average Bonchev–Trinajstić information content (AvgIpc) is 2.76. The molecule has 10 heteroatoms. The molecule has 0 bridgehead atoms. The highest BCUT2D eigenvalue weighted by Crippen LogP contribution is 2.48. The fourth-order valence-corrected chi connectivity index (χ4v) is 6.49. The fourth-order valence-electron chi connectivity index (χ4n) is 6.00. The molecule has 2 saturated heterocycles. The first-order valence-electron chi connectivity index (χ1n) is 12.2. The van der Waals surface area contributed by atoms with Crippen LogP contribution in [0, 0.1) is 5.41 Å². The topological polar surface area (TPSA) is 98.7 Å². The van der Waals surface area contributed by atoms with Crippen LogP contribution in [0.2, 0.25) is 0 Å². The number of anilines is 1. The van der Waals surface area contributed by atoms with Gasteiger partial charge in [-0.25, -0.2) is 23.2 Å². The van der Waals surface area contributed by atoms with Gasteiger partial charge in [0.15, 0.2) is 9.84 Å². The second-order valence-corrected chi connectivity index (χ2v) is 12.7. The maximum atomic E-state index is 13.1. The Morgan fingerprint density at radius 2 is 1.66 bits per heavy atom. The Morgan fingerprint density at radius 3 is 2.23 bits per heavy atom. The van der Waals surface area contributed by atoms with Crippen molar-refractivity contribution in [3.63, 3.8) is 0 Å². The minimum Gasteiger partial charge on any atom is -0.337 e. The molecular formula is C25H34N6O3S. The van der Waals surface area contributed by atoms with Gasteiger partial charge < -0.3 is 15.1 Å². The average molecular weight is 499 g/mol. The van der Waals surface area contributed by atoms with Crippen molar-refractivity contribution in [3.8, 4) is 0 Å². The summed E-state index contributed by atoms with van der Waals surface area (Å²) in [4.78, 5) is 28.2. The lowest BCUT2D eigenvalue weighted by Gasteiger charge is -2.59. The molecule has 188 valence electrons.